The maximum absolute atomic E-state index is 12.4. The van der Waals surface area contributed by atoms with Gasteiger partial charge in [0.25, 0.3) is 0 Å². The number of ether oxygens (including phenoxy) is 2. The summed E-state index contributed by atoms with van der Waals surface area (Å²) in [6.07, 6.45) is 9.23. The third-order valence-corrected chi connectivity index (χ3v) is 11.5. The van der Waals surface area contributed by atoms with E-state index in [1.54, 1.807) is 6.92 Å². The molecule has 0 aromatic carbocycles. The van der Waals surface area contributed by atoms with E-state index in [4.69, 9.17) is 9.47 Å². The van der Waals surface area contributed by atoms with Crippen molar-refractivity contribution in [1.29, 1.82) is 0 Å². The van der Waals surface area contributed by atoms with Crippen molar-refractivity contribution >= 4 is 17.9 Å². The number of fused-ring (bicyclic) bond motifs is 5. The molecule has 204 valence electrons. The summed E-state index contributed by atoms with van der Waals surface area (Å²) in [5.41, 5.74) is 0.320. The van der Waals surface area contributed by atoms with Crippen molar-refractivity contribution in [3.8, 4) is 0 Å². The van der Waals surface area contributed by atoms with Gasteiger partial charge >= 0.3 is 17.9 Å². The van der Waals surface area contributed by atoms with Gasteiger partial charge in [0.1, 0.15) is 12.2 Å². The zero-order valence-electron chi connectivity index (χ0n) is 23.3. The molecule has 4 saturated carbocycles. The molecule has 4 aliphatic rings. The third kappa shape index (κ3) is 4.71. The Morgan fingerprint density at radius 3 is 2.17 bits per heavy atom. The van der Waals surface area contributed by atoms with Crippen LogP contribution in [0.15, 0.2) is 0 Å². The SMILES string of the molecule is CC[C@H]1[C@@H](OC(C)=O)[C@@H]2[C@H](CC[C@]3(C)[C@@H]([C@H](C)CCC(=O)O)CC[C@@H]23)[C@@]2(C)CC[C@@H](OC(C)=O)C[C@@H]12. The summed E-state index contributed by atoms with van der Waals surface area (Å²) in [5, 5.41) is 9.26. The Labute approximate surface area is 217 Å². The van der Waals surface area contributed by atoms with Crippen LogP contribution in [0.3, 0.4) is 0 Å². The molecule has 0 aromatic heterocycles. The fourth-order valence-electron chi connectivity index (χ4n) is 10.1. The van der Waals surface area contributed by atoms with Crippen LogP contribution in [0.5, 0.6) is 0 Å². The highest BCUT2D eigenvalue weighted by Crippen LogP contribution is 2.70. The smallest absolute Gasteiger partial charge is 0.303 e. The highest BCUT2D eigenvalue weighted by atomic mass is 16.5. The monoisotopic (exact) mass is 504 g/mol. The minimum absolute atomic E-state index is 0.0380. The second-order valence-corrected chi connectivity index (χ2v) is 13.2. The molecule has 0 unspecified atom stereocenters. The van der Waals surface area contributed by atoms with Gasteiger partial charge in [0.2, 0.25) is 0 Å². The van der Waals surface area contributed by atoms with Gasteiger partial charge < -0.3 is 14.6 Å². The highest BCUT2D eigenvalue weighted by molar-refractivity contribution is 5.67. The maximum Gasteiger partial charge on any atom is 0.303 e. The van der Waals surface area contributed by atoms with Crippen LogP contribution in [0.4, 0.5) is 0 Å². The number of aliphatic carboxylic acids is 1. The summed E-state index contributed by atoms with van der Waals surface area (Å²) < 4.78 is 12.0. The molecule has 4 rings (SSSR count). The van der Waals surface area contributed by atoms with Gasteiger partial charge in [-0.1, -0.05) is 27.7 Å². The van der Waals surface area contributed by atoms with Crippen LogP contribution in [-0.2, 0) is 23.9 Å². The lowest BCUT2D eigenvalue weighted by molar-refractivity contribution is -0.219. The highest BCUT2D eigenvalue weighted by Gasteiger charge is 2.66. The van der Waals surface area contributed by atoms with E-state index in [-0.39, 0.29) is 47.3 Å². The molecule has 0 aromatic rings. The molecule has 4 fully saturated rings. The lowest BCUT2D eigenvalue weighted by Crippen LogP contribution is -2.63. The summed E-state index contributed by atoms with van der Waals surface area (Å²) in [7, 11) is 0. The number of carboxylic acid groups (broad SMARTS) is 1. The first-order valence-electron chi connectivity index (χ1n) is 14.5. The predicted molar refractivity (Wildman–Crippen MR) is 137 cm³/mol. The first kappa shape index (κ1) is 27.4. The first-order chi connectivity index (χ1) is 16.9. The fraction of sp³-hybridized carbons (Fsp3) is 0.900. The number of carboxylic acids is 1. The maximum atomic E-state index is 12.4. The molecule has 11 atom stereocenters. The Balaban J connectivity index is 1.67. The second kappa shape index (κ2) is 10.3. The molecular formula is C30H48O6. The number of hydrogen-bond acceptors (Lipinski definition) is 5. The summed E-state index contributed by atoms with van der Waals surface area (Å²) in [4.78, 5) is 35.4. The van der Waals surface area contributed by atoms with Gasteiger partial charge in [0, 0.05) is 26.2 Å². The Hall–Kier alpha value is -1.59. The van der Waals surface area contributed by atoms with E-state index in [9.17, 15) is 19.5 Å². The zero-order chi connectivity index (χ0) is 26.4. The van der Waals surface area contributed by atoms with E-state index in [0.717, 1.165) is 51.4 Å². The van der Waals surface area contributed by atoms with Gasteiger partial charge in [-0.15, -0.1) is 0 Å². The van der Waals surface area contributed by atoms with Gasteiger partial charge in [0.05, 0.1) is 0 Å². The normalized spacial score (nSPS) is 44.5. The molecule has 0 bridgehead atoms. The van der Waals surface area contributed by atoms with Gasteiger partial charge in [-0.3, -0.25) is 14.4 Å². The lowest BCUT2D eigenvalue weighted by atomic mass is 9.41. The minimum atomic E-state index is -0.707. The standard InChI is InChI=1S/C30H48O6/c1-7-21-25-16-20(35-18(3)31)12-14-30(25,6)24-13-15-29(5)22(17(2)8-11-26(33)34)9-10-23(29)27(24)28(21)36-19(4)32/h17,20-25,27-28H,7-16H2,1-6H3,(H,33,34)/t17-,20-,21-,22-,23+,24+,25+,27+,28-,29-,30-/m1/s1. The molecule has 0 heterocycles. The predicted octanol–water partition coefficient (Wildman–Crippen LogP) is 6.26. The average Bonchev–Trinajstić information content (AvgIpc) is 3.15. The van der Waals surface area contributed by atoms with Crippen molar-refractivity contribution in [2.45, 2.75) is 118 Å². The third-order valence-electron chi connectivity index (χ3n) is 11.5. The van der Waals surface area contributed by atoms with Crippen molar-refractivity contribution < 1.29 is 29.0 Å². The van der Waals surface area contributed by atoms with Crippen molar-refractivity contribution in [1.82, 2.24) is 0 Å². The van der Waals surface area contributed by atoms with E-state index >= 15 is 0 Å². The quantitative estimate of drug-likeness (QED) is 0.412. The fourth-order valence-corrected chi connectivity index (χ4v) is 10.1. The molecule has 6 nitrogen and oxygen atoms in total. The van der Waals surface area contributed by atoms with E-state index < -0.39 is 5.97 Å². The van der Waals surface area contributed by atoms with Gasteiger partial charge in [-0.2, -0.15) is 0 Å². The Morgan fingerprint density at radius 1 is 0.917 bits per heavy atom. The topological polar surface area (TPSA) is 89.9 Å². The molecule has 4 aliphatic carbocycles. The molecule has 0 aliphatic heterocycles. The Morgan fingerprint density at radius 2 is 1.56 bits per heavy atom. The van der Waals surface area contributed by atoms with E-state index in [1.165, 1.54) is 13.3 Å². The Bertz CT molecular complexity index is 854. The first-order valence-corrected chi connectivity index (χ1v) is 14.5. The van der Waals surface area contributed by atoms with Crippen molar-refractivity contribution in [2.75, 3.05) is 0 Å². The van der Waals surface area contributed by atoms with E-state index in [1.807, 2.05) is 0 Å². The second-order valence-electron chi connectivity index (χ2n) is 13.2. The molecular weight excluding hydrogens is 456 g/mol. The van der Waals surface area contributed by atoms with Crippen molar-refractivity contribution in [3.63, 3.8) is 0 Å². The van der Waals surface area contributed by atoms with Crippen LogP contribution in [0.25, 0.3) is 0 Å². The van der Waals surface area contributed by atoms with Gasteiger partial charge in [-0.05, 0) is 104 Å². The summed E-state index contributed by atoms with van der Waals surface area (Å²) in [5.74, 6) is 1.79. The van der Waals surface area contributed by atoms with Crippen LogP contribution in [0.2, 0.25) is 0 Å². The minimum Gasteiger partial charge on any atom is -0.481 e. The van der Waals surface area contributed by atoms with Gasteiger partial charge in [0.15, 0.2) is 0 Å². The van der Waals surface area contributed by atoms with Crippen LogP contribution < -0.4 is 0 Å². The summed E-state index contributed by atoms with van der Waals surface area (Å²) in [6.45, 7) is 12.5. The summed E-state index contributed by atoms with van der Waals surface area (Å²) in [6, 6.07) is 0. The van der Waals surface area contributed by atoms with E-state index in [2.05, 4.69) is 27.7 Å². The number of rotatable bonds is 7. The zero-order valence-corrected chi connectivity index (χ0v) is 23.3. The van der Waals surface area contributed by atoms with Crippen molar-refractivity contribution in [2.24, 2.45) is 52.3 Å². The number of carbonyl (C=O) groups is 3. The molecule has 36 heavy (non-hydrogen) atoms. The number of carbonyl (C=O) groups excluding carboxylic acids is 2. The number of hydrogen-bond donors (Lipinski definition) is 1. The molecule has 0 radical (unpaired) electrons. The van der Waals surface area contributed by atoms with Crippen LogP contribution in [0.1, 0.15) is 106 Å². The lowest BCUT2D eigenvalue weighted by Gasteiger charge is -2.65. The van der Waals surface area contributed by atoms with E-state index in [0.29, 0.717) is 35.5 Å². The average molecular weight is 505 g/mol. The molecule has 1 N–H and O–H groups in total. The summed E-state index contributed by atoms with van der Waals surface area (Å²) >= 11 is 0. The molecule has 0 saturated heterocycles. The van der Waals surface area contributed by atoms with Gasteiger partial charge in [-0.25, -0.2) is 0 Å². The molecule has 0 spiro atoms. The largest absolute Gasteiger partial charge is 0.481 e. The molecule has 0 amide bonds. The van der Waals surface area contributed by atoms with Crippen LogP contribution in [-0.4, -0.2) is 35.2 Å². The molecule has 6 heteroatoms. The van der Waals surface area contributed by atoms with Crippen molar-refractivity contribution in [3.05, 3.63) is 0 Å². The van der Waals surface area contributed by atoms with Crippen LogP contribution in [0, 0.1) is 52.3 Å². The van der Waals surface area contributed by atoms with Crippen LogP contribution >= 0.6 is 0 Å². The number of esters is 2. The Kier molecular flexibility index (Phi) is 7.84.